The molecule has 1 heteroatoms. The Kier molecular flexibility index (Phi) is 1.54. The van der Waals surface area contributed by atoms with Crippen LogP contribution < -0.4 is 0 Å². The van der Waals surface area contributed by atoms with Crippen molar-refractivity contribution < 1.29 is 0 Å². The minimum absolute atomic E-state index is 0.692. The van der Waals surface area contributed by atoms with E-state index in [1.54, 1.807) is 0 Å². The maximum atomic E-state index is 2.54. The topological polar surface area (TPSA) is 3.24 Å². The number of rotatable bonds is 1. The molecular weight excluding hydrogens is 134 g/mol. The molecule has 0 amide bonds. The standard InChI is InChI=1S/C10H19N/c1-4-10(2)6-9-5-8(10)7-11(9)3/h8-9H,4-7H2,1-3H3. The van der Waals surface area contributed by atoms with E-state index in [0.717, 1.165) is 12.0 Å². The van der Waals surface area contributed by atoms with Crippen LogP contribution in [0.3, 0.4) is 0 Å². The molecule has 1 saturated carbocycles. The number of hydrogen-bond acceptors (Lipinski definition) is 1. The third-order valence-corrected chi connectivity index (χ3v) is 4.18. The van der Waals surface area contributed by atoms with E-state index in [4.69, 9.17) is 0 Å². The van der Waals surface area contributed by atoms with Crippen LogP contribution in [0.1, 0.15) is 33.1 Å². The third-order valence-electron chi connectivity index (χ3n) is 4.18. The largest absolute Gasteiger partial charge is 0.303 e. The molecule has 0 N–H and O–H groups in total. The number of fused-ring (bicyclic) bond motifs is 2. The van der Waals surface area contributed by atoms with Crippen molar-refractivity contribution in [2.75, 3.05) is 13.6 Å². The van der Waals surface area contributed by atoms with E-state index in [9.17, 15) is 0 Å². The fraction of sp³-hybridized carbons (Fsp3) is 1.00. The van der Waals surface area contributed by atoms with Crippen LogP contribution in [0, 0.1) is 11.3 Å². The van der Waals surface area contributed by atoms with Gasteiger partial charge in [0.1, 0.15) is 0 Å². The second-order valence-electron chi connectivity index (χ2n) is 4.74. The van der Waals surface area contributed by atoms with Crippen LogP contribution in [0.2, 0.25) is 0 Å². The zero-order valence-electron chi connectivity index (χ0n) is 7.93. The fourth-order valence-corrected chi connectivity index (χ4v) is 2.96. The van der Waals surface area contributed by atoms with Crippen molar-refractivity contribution in [3.8, 4) is 0 Å². The molecular formula is C10H19N. The predicted octanol–water partition coefficient (Wildman–Crippen LogP) is 2.13. The maximum Gasteiger partial charge on any atom is 0.0101 e. The lowest BCUT2D eigenvalue weighted by Crippen LogP contribution is -2.37. The summed E-state index contributed by atoms with van der Waals surface area (Å²) in [6, 6.07) is 0.921. The molecule has 1 aliphatic heterocycles. The first kappa shape index (κ1) is 7.60. The molecule has 0 aromatic rings. The van der Waals surface area contributed by atoms with Gasteiger partial charge >= 0.3 is 0 Å². The zero-order valence-corrected chi connectivity index (χ0v) is 7.93. The molecule has 2 rings (SSSR count). The van der Waals surface area contributed by atoms with Crippen LogP contribution in [0.5, 0.6) is 0 Å². The molecule has 0 aromatic heterocycles. The lowest BCUT2D eigenvalue weighted by atomic mass is 9.76. The normalized spacial score (nSPS) is 50.5. The van der Waals surface area contributed by atoms with Crippen molar-refractivity contribution in [1.29, 1.82) is 0 Å². The van der Waals surface area contributed by atoms with Gasteiger partial charge in [0.15, 0.2) is 0 Å². The lowest BCUT2D eigenvalue weighted by molar-refractivity contribution is 0.124. The average molecular weight is 153 g/mol. The molecule has 2 bridgehead atoms. The van der Waals surface area contributed by atoms with E-state index in [1.807, 2.05) is 0 Å². The van der Waals surface area contributed by atoms with Gasteiger partial charge in [-0.1, -0.05) is 20.3 Å². The van der Waals surface area contributed by atoms with Gasteiger partial charge < -0.3 is 4.90 Å². The summed E-state index contributed by atoms with van der Waals surface area (Å²) in [5, 5.41) is 0. The summed E-state index contributed by atoms with van der Waals surface area (Å²) in [5.74, 6) is 1.00. The molecule has 64 valence electrons. The highest BCUT2D eigenvalue weighted by Gasteiger charge is 2.49. The van der Waals surface area contributed by atoms with Gasteiger partial charge in [-0.2, -0.15) is 0 Å². The van der Waals surface area contributed by atoms with Gasteiger partial charge in [-0.3, -0.25) is 0 Å². The number of hydrogen-bond donors (Lipinski definition) is 0. The summed E-state index contributed by atoms with van der Waals surface area (Å²) >= 11 is 0. The molecule has 0 spiro atoms. The third kappa shape index (κ3) is 0.936. The van der Waals surface area contributed by atoms with Crippen LogP contribution in [0.15, 0.2) is 0 Å². The van der Waals surface area contributed by atoms with Crippen molar-refractivity contribution in [2.45, 2.75) is 39.2 Å². The average Bonchev–Trinajstić information content (AvgIpc) is 2.45. The van der Waals surface area contributed by atoms with E-state index in [-0.39, 0.29) is 0 Å². The SMILES string of the molecule is CCC1(C)CC2CC1CN2C. The van der Waals surface area contributed by atoms with E-state index in [2.05, 4.69) is 25.8 Å². The number of piperidine rings is 1. The maximum absolute atomic E-state index is 2.54. The van der Waals surface area contributed by atoms with E-state index in [0.29, 0.717) is 5.41 Å². The quantitative estimate of drug-likeness (QED) is 0.558. The van der Waals surface area contributed by atoms with Gasteiger partial charge in [0.05, 0.1) is 0 Å². The Labute approximate surface area is 69.8 Å². The second-order valence-corrected chi connectivity index (χ2v) is 4.74. The zero-order chi connectivity index (χ0) is 8.06. The van der Waals surface area contributed by atoms with E-state index >= 15 is 0 Å². The summed E-state index contributed by atoms with van der Waals surface area (Å²) < 4.78 is 0. The van der Waals surface area contributed by atoms with Crippen LogP contribution >= 0.6 is 0 Å². The van der Waals surface area contributed by atoms with Gasteiger partial charge in [-0.25, -0.2) is 0 Å². The van der Waals surface area contributed by atoms with Crippen LogP contribution in [-0.4, -0.2) is 24.5 Å². The molecule has 2 fully saturated rings. The molecule has 1 nitrogen and oxygen atoms in total. The second kappa shape index (κ2) is 2.22. The molecule has 1 saturated heterocycles. The minimum Gasteiger partial charge on any atom is -0.303 e. The molecule has 0 radical (unpaired) electrons. The first-order chi connectivity index (χ1) is 5.15. The van der Waals surface area contributed by atoms with Gasteiger partial charge in [-0.15, -0.1) is 0 Å². The van der Waals surface area contributed by atoms with Crippen LogP contribution in [-0.2, 0) is 0 Å². The van der Waals surface area contributed by atoms with Crippen LogP contribution in [0.4, 0.5) is 0 Å². The molecule has 3 atom stereocenters. The Balaban J connectivity index is 2.13. The van der Waals surface area contributed by atoms with Crippen molar-refractivity contribution in [2.24, 2.45) is 11.3 Å². The number of likely N-dealkylation sites (tertiary alicyclic amines) is 1. The Morgan fingerprint density at radius 2 is 2.27 bits per heavy atom. The van der Waals surface area contributed by atoms with E-state index in [1.165, 1.54) is 25.8 Å². The van der Waals surface area contributed by atoms with Gasteiger partial charge in [0, 0.05) is 12.6 Å². The lowest BCUT2D eigenvalue weighted by Gasteiger charge is -2.36. The van der Waals surface area contributed by atoms with Gasteiger partial charge in [0.25, 0.3) is 0 Å². The Hall–Kier alpha value is -0.0400. The van der Waals surface area contributed by atoms with Crippen molar-refractivity contribution in [3.05, 3.63) is 0 Å². The minimum atomic E-state index is 0.692. The van der Waals surface area contributed by atoms with Gasteiger partial charge in [0.2, 0.25) is 0 Å². The smallest absolute Gasteiger partial charge is 0.0101 e. The summed E-state index contributed by atoms with van der Waals surface area (Å²) in [5.41, 5.74) is 0.692. The highest BCUT2D eigenvalue weighted by atomic mass is 15.2. The Morgan fingerprint density at radius 1 is 1.55 bits per heavy atom. The van der Waals surface area contributed by atoms with Crippen LogP contribution in [0.25, 0.3) is 0 Å². The Bertz CT molecular complexity index is 164. The molecule has 1 heterocycles. The summed E-state index contributed by atoms with van der Waals surface area (Å²) in [7, 11) is 2.28. The molecule has 11 heavy (non-hydrogen) atoms. The van der Waals surface area contributed by atoms with Crippen molar-refractivity contribution in [1.82, 2.24) is 4.90 Å². The summed E-state index contributed by atoms with van der Waals surface area (Å²) in [4.78, 5) is 2.54. The van der Waals surface area contributed by atoms with E-state index < -0.39 is 0 Å². The molecule has 3 unspecified atom stereocenters. The first-order valence-electron chi connectivity index (χ1n) is 4.86. The molecule has 1 aliphatic carbocycles. The molecule has 0 aromatic carbocycles. The summed E-state index contributed by atoms with van der Waals surface area (Å²) in [6.45, 7) is 6.18. The van der Waals surface area contributed by atoms with Crippen molar-refractivity contribution in [3.63, 3.8) is 0 Å². The highest BCUT2D eigenvalue weighted by Crippen LogP contribution is 2.51. The predicted molar refractivity (Wildman–Crippen MR) is 47.5 cm³/mol. The Morgan fingerprint density at radius 3 is 2.64 bits per heavy atom. The van der Waals surface area contributed by atoms with Crippen molar-refractivity contribution >= 4 is 0 Å². The fourth-order valence-electron chi connectivity index (χ4n) is 2.96. The number of nitrogens with zero attached hydrogens (tertiary/aromatic N) is 1. The first-order valence-corrected chi connectivity index (χ1v) is 4.86. The van der Waals surface area contributed by atoms with Gasteiger partial charge in [-0.05, 0) is 31.2 Å². The summed E-state index contributed by atoms with van der Waals surface area (Å²) in [6.07, 6.45) is 4.30. The monoisotopic (exact) mass is 153 g/mol. The highest BCUT2D eigenvalue weighted by molar-refractivity contribution is 5.01. The molecule has 2 aliphatic rings.